The molecule has 3 rings (SSSR count). The third kappa shape index (κ3) is 4.11. The van der Waals surface area contributed by atoms with Gasteiger partial charge in [-0.25, -0.2) is 0 Å². The summed E-state index contributed by atoms with van der Waals surface area (Å²) < 4.78 is 4.86. The second-order valence-corrected chi connectivity index (χ2v) is 8.29. The fourth-order valence-corrected chi connectivity index (χ4v) is 4.94. The van der Waals surface area contributed by atoms with Crippen LogP contribution < -0.4 is 16.2 Å². The van der Waals surface area contributed by atoms with E-state index in [2.05, 4.69) is 10.5 Å². The van der Waals surface area contributed by atoms with E-state index < -0.39 is 35.2 Å². The van der Waals surface area contributed by atoms with Crippen molar-refractivity contribution in [1.82, 2.24) is 10.2 Å². The Kier molecular flexibility index (Phi) is 6.31. The predicted molar refractivity (Wildman–Crippen MR) is 106 cm³/mol. The first-order valence-electron chi connectivity index (χ1n) is 8.52. The lowest BCUT2D eigenvalue weighted by Crippen LogP contribution is -2.71. The molecule has 0 bridgehead atoms. The van der Waals surface area contributed by atoms with E-state index >= 15 is 0 Å². The number of rotatable bonds is 7. The predicted octanol–water partition coefficient (Wildman–Crippen LogP) is -1.35. The number of nitrogen functional groups attached to an aromatic ring is 1. The van der Waals surface area contributed by atoms with Gasteiger partial charge in [-0.2, -0.15) is 0 Å². The molecule has 1 aromatic rings. The zero-order valence-corrected chi connectivity index (χ0v) is 17.5. The topological polar surface area (TPSA) is 163 Å². The fourth-order valence-electron chi connectivity index (χ4n) is 2.97. The van der Waals surface area contributed by atoms with Crippen LogP contribution in [0.15, 0.2) is 27.9 Å². The molecule has 0 aliphatic carbocycles. The van der Waals surface area contributed by atoms with Crippen molar-refractivity contribution >= 4 is 57.6 Å². The number of aliphatic carboxylic acids is 1. The number of nitrogens with one attached hydrogen (secondary N) is 1. The fraction of sp³-hybridized carbons (Fsp3) is 0.353. The molecule has 13 heteroatoms. The number of oxime groups is 1. The summed E-state index contributed by atoms with van der Waals surface area (Å²) in [4.78, 5) is 53.7. The van der Waals surface area contributed by atoms with Gasteiger partial charge in [0.25, 0.3) is 11.8 Å². The van der Waals surface area contributed by atoms with E-state index in [0.717, 1.165) is 4.90 Å². The Bertz CT molecular complexity index is 971. The first-order valence-corrected chi connectivity index (χ1v) is 10.4. The number of carbonyl (C=O) groups excluding carboxylic acids is 4. The molecule has 0 aromatic carbocycles. The summed E-state index contributed by atoms with van der Waals surface area (Å²) in [6, 6.07) is 0.579. The standard InChI is InChI=1S/C17H18N4O7S2/c1-7(22)28-4-9-6-30-16-12(15(24)21(16)13(9)17(25)26)19-14(23)11(20-27-2)8-3-10(18)29-5-8/h3,5,12,16H,4,6,18H2,1-2H3,(H,19,23)(H,25,26)/p-1/b20-11-/t12-,16+/m0/s1. The molecule has 2 atom stereocenters. The van der Waals surface area contributed by atoms with E-state index in [-0.39, 0.29) is 29.3 Å². The van der Waals surface area contributed by atoms with Gasteiger partial charge in [0, 0.05) is 29.2 Å². The second-order valence-electron chi connectivity index (χ2n) is 6.24. The number of anilines is 1. The maximum atomic E-state index is 12.7. The van der Waals surface area contributed by atoms with E-state index in [4.69, 9.17) is 15.3 Å². The molecule has 1 aromatic heterocycles. The summed E-state index contributed by atoms with van der Waals surface area (Å²) in [6.07, 6.45) is 0. The number of nitrogens with zero attached hydrogens (tertiary/aromatic N) is 2. The van der Waals surface area contributed by atoms with Gasteiger partial charge in [-0.05, 0) is 6.07 Å². The smallest absolute Gasteiger partial charge is 0.302 e. The number of carboxylic acids is 1. The van der Waals surface area contributed by atoms with Crippen LogP contribution in [-0.4, -0.2) is 65.2 Å². The van der Waals surface area contributed by atoms with Crippen molar-refractivity contribution in [1.29, 1.82) is 0 Å². The average molecular weight is 453 g/mol. The van der Waals surface area contributed by atoms with Gasteiger partial charge in [0.1, 0.15) is 25.1 Å². The van der Waals surface area contributed by atoms with Gasteiger partial charge >= 0.3 is 5.97 Å². The molecular formula is C17H17N4O7S2-. The SMILES string of the molecule is CO/N=C(\C(=O)N[C@H]1C(=O)N2C(C(=O)[O-])=C(COC(C)=O)CS[C@H]12)c1csc(N)c1. The van der Waals surface area contributed by atoms with Crippen LogP contribution in [0.25, 0.3) is 0 Å². The first kappa shape index (κ1) is 21.6. The highest BCUT2D eigenvalue weighted by molar-refractivity contribution is 8.00. The van der Waals surface area contributed by atoms with Gasteiger partial charge < -0.3 is 30.5 Å². The number of esters is 1. The summed E-state index contributed by atoms with van der Waals surface area (Å²) in [5, 5.41) is 19.3. The molecule has 160 valence electrons. The molecule has 0 saturated carbocycles. The van der Waals surface area contributed by atoms with E-state index in [9.17, 15) is 24.3 Å². The number of thioether (sulfide) groups is 1. The van der Waals surface area contributed by atoms with Crippen molar-refractivity contribution in [3.8, 4) is 0 Å². The molecule has 0 radical (unpaired) electrons. The van der Waals surface area contributed by atoms with E-state index in [1.54, 1.807) is 11.4 Å². The number of fused-ring (bicyclic) bond motifs is 1. The van der Waals surface area contributed by atoms with Crippen LogP contribution in [0.3, 0.4) is 0 Å². The minimum atomic E-state index is -1.56. The maximum Gasteiger partial charge on any atom is 0.302 e. The molecule has 2 aliphatic rings. The number of ether oxygens (including phenoxy) is 1. The van der Waals surface area contributed by atoms with Crippen LogP contribution in [0.4, 0.5) is 5.00 Å². The number of nitrogens with two attached hydrogens (primary N) is 1. The molecule has 0 unspecified atom stereocenters. The normalized spacial score (nSPS) is 20.9. The largest absolute Gasteiger partial charge is 0.543 e. The minimum absolute atomic E-state index is 0.0660. The van der Waals surface area contributed by atoms with Gasteiger partial charge in [0.15, 0.2) is 5.71 Å². The monoisotopic (exact) mass is 453 g/mol. The number of thiophene rings is 1. The highest BCUT2D eigenvalue weighted by Crippen LogP contribution is 2.40. The van der Waals surface area contributed by atoms with E-state index in [1.807, 2.05) is 0 Å². The Morgan fingerprint density at radius 1 is 1.43 bits per heavy atom. The summed E-state index contributed by atoms with van der Waals surface area (Å²) in [5.74, 6) is -3.24. The van der Waals surface area contributed by atoms with Crippen LogP contribution in [0.5, 0.6) is 0 Å². The Morgan fingerprint density at radius 3 is 2.73 bits per heavy atom. The van der Waals surface area contributed by atoms with Gasteiger partial charge in [-0.3, -0.25) is 19.3 Å². The highest BCUT2D eigenvalue weighted by Gasteiger charge is 2.53. The molecule has 11 nitrogen and oxygen atoms in total. The number of carboxylic acid groups (broad SMARTS) is 1. The maximum absolute atomic E-state index is 12.7. The van der Waals surface area contributed by atoms with Crippen molar-refractivity contribution in [3.63, 3.8) is 0 Å². The first-order chi connectivity index (χ1) is 14.2. The summed E-state index contributed by atoms with van der Waals surface area (Å²) in [6.45, 7) is 0.933. The highest BCUT2D eigenvalue weighted by atomic mass is 32.2. The van der Waals surface area contributed by atoms with Crippen molar-refractivity contribution in [3.05, 3.63) is 28.3 Å². The average Bonchev–Trinajstić information content (AvgIpc) is 3.13. The molecule has 1 saturated heterocycles. The lowest BCUT2D eigenvalue weighted by Gasteiger charge is -2.50. The van der Waals surface area contributed by atoms with Crippen LogP contribution in [0, 0.1) is 0 Å². The van der Waals surface area contributed by atoms with E-state index in [0.29, 0.717) is 10.6 Å². The molecule has 3 N–H and O–H groups in total. The Balaban J connectivity index is 1.77. The molecule has 3 heterocycles. The molecule has 0 spiro atoms. The molecular weight excluding hydrogens is 436 g/mol. The van der Waals surface area contributed by atoms with Crippen LogP contribution in [0.1, 0.15) is 12.5 Å². The zero-order valence-electron chi connectivity index (χ0n) is 15.9. The second kappa shape index (κ2) is 8.75. The minimum Gasteiger partial charge on any atom is -0.543 e. The Labute approximate surface area is 178 Å². The third-order valence-electron chi connectivity index (χ3n) is 4.27. The lowest BCUT2D eigenvalue weighted by molar-refractivity contribution is -0.301. The zero-order chi connectivity index (χ0) is 22.0. The van der Waals surface area contributed by atoms with Gasteiger partial charge in [0.05, 0.1) is 16.7 Å². The van der Waals surface area contributed by atoms with Crippen LogP contribution in [-0.2, 0) is 28.8 Å². The number of amides is 2. The van der Waals surface area contributed by atoms with Gasteiger partial charge in [-0.15, -0.1) is 23.1 Å². The van der Waals surface area contributed by atoms with Crippen molar-refractivity contribution in [2.45, 2.75) is 18.3 Å². The van der Waals surface area contributed by atoms with Crippen LogP contribution >= 0.6 is 23.1 Å². The van der Waals surface area contributed by atoms with Crippen LogP contribution in [0.2, 0.25) is 0 Å². The quantitative estimate of drug-likeness (QED) is 0.220. The summed E-state index contributed by atoms with van der Waals surface area (Å²) in [7, 11) is 1.28. The molecule has 2 amide bonds. The Morgan fingerprint density at radius 2 is 2.17 bits per heavy atom. The van der Waals surface area contributed by atoms with Crippen molar-refractivity contribution in [2.75, 3.05) is 25.2 Å². The number of carbonyl (C=O) groups is 4. The number of hydrogen-bond acceptors (Lipinski definition) is 11. The third-order valence-corrected chi connectivity index (χ3v) is 6.37. The number of hydrogen-bond donors (Lipinski definition) is 2. The molecule has 2 aliphatic heterocycles. The van der Waals surface area contributed by atoms with Gasteiger partial charge in [-0.1, -0.05) is 5.16 Å². The van der Waals surface area contributed by atoms with Crippen molar-refractivity contribution < 1.29 is 33.9 Å². The number of β-lactam (4-membered cyclic amide) rings is 1. The molecule has 30 heavy (non-hydrogen) atoms. The summed E-state index contributed by atoms with van der Waals surface area (Å²) in [5.41, 5.74) is 5.96. The van der Waals surface area contributed by atoms with Gasteiger partial charge in [0.2, 0.25) is 0 Å². The lowest BCUT2D eigenvalue weighted by atomic mass is 10.0. The van der Waals surface area contributed by atoms with E-state index in [1.165, 1.54) is 37.1 Å². The Hall–Kier alpha value is -3.06. The van der Waals surface area contributed by atoms with Crippen molar-refractivity contribution in [2.24, 2.45) is 5.16 Å². The summed E-state index contributed by atoms with van der Waals surface area (Å²) >= 11 is 2.45. The molecule has 1 fully saturated rings.